The lowest BCUT2D eigenvalue weighted by atomic mass is 9.86. The molecule has 0 saturated carbocycles. The molecule has 1 N–H and O–H groups in total. The molecule has 1 aromatic carbocycles. The molecule has 1 heterocycles. The predicted molar refractivity (Wildman–Crippen MR) is 60.8 cm³/mol. The van der Waals surface area contributed by atoms with Crippen molar-refractivity contribution in [1.29, 1.82) is 0 Å². The number of amides is 1. The monoisotopic (exact) mass is 273 g/mol. The Labute approximate surface area is 95.8 Å². The lowest BCUT2D eigenvalue weighted by Gasteiger charge is -2.15. The summed E-state index contributed by atoms with van der Waals surface area (Å²) in [5.74, 6) is -0.00694. The standard InChI is InChI=1S/C10H9BrClNO/c1-10(2)6-3-5(11)4-7(12)8(6)13-9(10)14/h3-4H,1-2H3,(H,13,14). The zero-order valence-electron chi connectivity index (χ0n) is 7.82. The summed E-state index contributed by atoms with van der Waals surface area (Å²) in [4.78, 5) is 11.6. The number of carbonyl (C=O) groups excluding carboxylic acids is 1. The van der Waals surface area contributed by atoms with Gasteiger partial charge in [-0.3, -0.25) is 4.79 Å². The van der Waals surface area contributed by atoms with Gasteiger partial charge in [-0.25, -0.2) is 0 Å². The summed E-state index contributed by atoms with van der Waals surface area (Å²) < 4.78 is 0.894. The van der Waals surface area contributed by atoms with Crippen molar-refractivity contribution in [1.82, 2.24) is 0 Å². The minimum Gasteiger partial charge on any atom is -0.324 e. The number of hydrogen-bond acceptors (Lipinski definition) is 1. The molecule has 1 aromatic rings. The highest BCUT2D eigenvalue weighted by Gasteiger charge is 2.39. The van der Waals surface area contributed by atoms with Gasteiger partial charge >= 0.3 is 0 Å². The second-order valence-electron chi connectivity index (χ2n) is 3.89. The number of fused-ring (bicyclic) bond motifs is 1. The lowest BCUT2D eigenvalue weighted by Crippen LogP contribution is -2.26. The maximum absolute atomic E-state index is 11.6. The molecular weight excluding hydrogens is 265 g/mol. The van der Waals surface area contributed by atoms with Crippen LogP contribution in [-0.2, 0) is 10.2 Å². The van der Waals surface area contributed by atoms with Gasteiger partial charge in [0.05, 0.1) is 16.1 Å². The van der Waals surface area contributed by atoms with Crippen molar-refractivity contribution in [3.05, 3.63) is 27.2 Å². The minimum absolute atomic E-state index is 0.00694. The fraction of sp³-hybridized carbons (Fsp3) is 0.300. The Kier molecular flexibility index (Phi) is 2.12. The Hall–Kier alpha value is -0.540. The van der Waals surface area contributed by atoms with Crippen LogP contribution >= 0.6 is 27.5 Å². The van der Waals surface area contributed by atoms with Gasteiger partial charge in [0.15, 0.2) is 0 Å². The maximum atomic E-state index is 11.6. The first-order valence-corrected chi connectivity index (χ1v) is 5.41. The first-order chi connectivity index (χ1) is 6.43. The molecule has 2 rings (SSSR count). The summed E-state index contributed by atoms with van der Waals surface area (Å²) in [5.41, 5.74) is 1.19. The third-order valence-electron chi connectivity index (χ3n) is 2.53. The van der Waals surface area contributed by atoms with E-state index in [0.717, 1.165) is 15.7 Å². The third kappa shape index (κ3) is 1.27. The number of carbonyl (C=O) groups is 1. The van der Waals surface area contributed by atoms with Crippen LogP contribution in [0.1, 0.15) is 19.4 Å². The molecule has 0 aliphatic carbocycles. The Morgan fingerprint density at radius 2 is 2.07 bits per heavy atom. The summed E-state index contributed by atoms with van der Waals surface area (Å²) in [6.45, 7) is 3.77. The molecule has 14 heavy (non-hydrogen) atoms. The summed E-state index contributed by atoms with van der Waals surface area (Å²) >= 11 is 9.39. The summed E-state index contributed by atoms with van der Waals surface area (Å²) in [6.07, 6.45) is 0. The molecule has 0 unspecified atom stereocenters. The van der Waals surface area contributed by atoms with Crippen LogP contribution in [0.25, 0.3) is 0 Å². The number of nitrogens with one attached hydrogen (secondary N) is 1. The van der Waals surface area contributed by atoms with E-state index in [2.05, 4.69) is 21.2 Å². The number of halogens is 2. The molecule has 74 valence electrons. The third-order valence-corrected chi connectivity index (χ3v) is 3.29. The smallest absolute Gasteiger partial charge is 0.234 e. The van der Waals surface area contributed by atoms with Gasteiger partial charge in [0, 0.05) is 4.47 Å². The van der Waals surface area contributed by atoms with Crippen molar-refractivity contribution in [3.63, 3.8) is 0 Å². The largest absolute Gasteiger partial charge is 0.324 e. The molecule has 0 spiro atoms. The highest BCUT2D eigenvalue weighted by atomic mass is 79.9. The number of benzene rings is 1. The van der Waals surface area contributed by atoms with E-state index in [1.54, 1.807) is 6.07 Å². The van der Waals surface area contributed by atoms with Crippen LogP contribution in [0.4, 0.5) is 5.69 Å². The van der Waals surface area contributed by atoms with Crippen LogP contribution in [-0.4, -0.2) is 5.91 Å². The summed E-state index contributed by atoms with van der Waals surface area (Å²) in [6, 6.07) is 3.71. The number of hydrogen-bond donors (Lipinski definition) is 1. The molecule has 0 fully saturated rings. The molecule has 0 bridgehead atoms. The molecule has 2 nitrogen and oxygen atoms in total. The quantitative estimate of drug-likeness (QED) is 0.772. The van der Waals surface area contributed by atoms with Gasteiger partial charge in [-0.05, 0) is 31.5 Å². The fourth-order valence-electron chi connectivity index (χ4n) is 1.59. The lowest BCUT2D eigenvalue weighted by molar-refractivity contribution is -0.119. The van der Waals surface area contributed by atoms with Crippen LogP contribution in [0.5, 0.6) is 0 Å². The fourth-order valence-corrected chi connectivity index (χ4v) is 2.44. The van der Waals surface area contributed by atoms with Crippen LogP contribution < -0.4 is 5.32 Å². The second kappa shape index (κ2) is 2.97. The van der Waals surface area contributed by atoms with Crippen molar-refractivity contribution >= 4 is 39.1 Å². The minimum atomic E-state index is -0.497. The van der Waals surface area contributed by atoms with E-state index in [-0.39, 0.29) is 5.91 Å². The van der Waals surface area contributed by atoms with Crippen LogP contribution in [0, 0.1) is 0 Å². The molecule has 0 atom stereocenters. The summed E-state index contributed by atoms with van der Waals surface area (Å²) in [7, 11) is 0. The normalized spacial score (nSPS) is 17.9. The average molecular weight is 275 g/mol. The molecule has 0 aromatic heterocycles. The number of rotatable bonds is 0. The average Bonchev–Trinajstić information content (AvgIpc) is 2.28. The molecule has 1 aliphatic rings. The molecule has 0 saturated heterocycles. The zero-order chi connectivity index (χ0) is 10.5. The van der Waals surface area contributed by atoms with Gasteiger partial charge in [0.25, 0.3) is 0 Å². The Bertz CT molecular complexity index is 428. The van der Waals surface area contributed by atoms with E-state index >= 15 is 0 Å². The van der Waals surface area contributed by atoms with E-state index in [9.17, 15) is 4.79 Å². The van der Waals surface area contributed by atoms with Gasteiger partial charge in [-0.1, -0.05) is 27.5 Å². The van der Waals surface area contributed by atoms with E-state index in [1.165, 1.54) is 0 Å². The molecule has 0 radical (unpaired) electrons. The van der Waals surface area contributed by atoms with Gasteiger partial charge in [0.2, 0.25) is 5.91 Å². The van der Waals surface area contributed by atoms with E-state index < -0.39 is 5.41 Å². The van der Waals surface area contributed by atoms with E-state index in [4.69, 9.17) is 11.6 Å². The van der Waals surface area contributed by atoms with Gasteiger partial charge in [-0.15, -0.1) is 0 Å². The molecule has 4 heteroatoms. The SMILES string of the molecule is CC1(C)C(=O)Nc2c(Cl)cc(Br)cc21. The highest BCUT2D eigenvalue weighted by Crippen LogP contribution is 2.42. The first kappa shape index (κ1) is 9.99. The van der Waals surface area contributed by atoms with Crippen LogP contribution in [0.2, 0.25) is 5.02 Å². The van der Waals surface area contributed by atoms with Gasteiger partial charge in [0.1, 0.15) is 0 Å². The first-order valence-electron chi connectivity index (χ1n) is 4.24. The highest BCUT2D eigenvalue weighted by molar-refractivity contribution is 9.10. The van der Waals surface area contributed by atoms with Crippen molar-refractivity contribution in [3.8, 4) is 0 Å². The zero-order valence-corrected chi connectivity index (χ0v) is 10.2. The van der Waals surface area contributed by atoms with Gasteiger partial charge in [-0.2, -0.15) is 0 Å². The second-order valence-corrected chi connectivity index (χ2v) is 5.21. The van der Waals surface area contributed by atoms with E-state index in [0.29, 0.717) is 5.02 Å². The van der Waals surface area contributed by atoms with Crippen LogP contribution in [0.15, 0.2) is 16.6 Å². The van der Waals surface area contributed by atoms with E-state index in [1.807, 2.05) is 19.9 Å². The van der Waals surface area contributed by atoms with Crippen LogP contribution in [0.3, 0.4) is 0 Å². The Morgan fingerprint density at radius 1 is 1.43 bits per heavy atom. The van der Waals surface area contributed by atoms with Gasteiger partial charge < -0.3 is 5.32 Å². The Morgan fingerprint density at radius 3 is 2.71 bits per heavy atom. The molecular formula is C10H9BrClNO. The van der Waals surface area contributed by atoms with Crippen molar-refractivity contribution < 1.29 is 4.79 Å². The predicted octanol–water partition coefficient (Wildman–Crippen LogP) is 3.33. The topological polar surface area (TPSA) is 29.1 Å². The maximum Gasteiger partial charge on any atom is 0.234 e. The number of anilines is 1. The summed E-state index contributed by atoms with van der Waals surface area (Å²) in [5, 5.41) is 3.37. The Balaban J connectivity index is 2.71. The van der Waals surface area contributed by atoms with Crippen molar-refractivity contribution in [2.45, 2.75) is 19.3 Å². The van der Waals surface area contributed by atoms with Crippen molar-refractivity contribution in [2.75, 3.05) is 5.32 Å². The molecule has 1 amide bonds. The van der Waals surface area contributed by atoms with Crippen molar-refractivity contribution in [2.24, 2.45) is 0 Å². The molecule has 1 aliphatic heterocycles.